The van der Waals surface area contributed by atoms with Crippen molar-refractivity contribution in [1.29, 1.82) is 0 Å². The maximum Gasteiger partial charge on any atom is 0.329 e. The van der Waals surface area contributed by atoms with Crippen LogP contribution in [0, 0.1) is 23.5 Å². The van der Waals surface area contributed by atoms with Crippen LogP contribution >= 0.6 is 11.6 Å². The minimum Gasteiger partial charge on any atom is -0.328 e. The number of imide groups is 1. The number of rotatable bonds is 2. The highest BCUT2D eigenvalue weighted by Gasteiger charge is 2.43. The van der Waals surface area contributed by atoms with E-state index in [1.54, 1.807) is 37.3 Å². The van der Waals surface area contributed by atoms with Crippen LogP contribution in [0.25, 0.3) is 0 Å². The molecule has 2 aromatic carbocycles. The molecule has 1 saturated heterocycles. The van der Waals surface area contributed by atoms with Crippen molar-refractivity contribution in [1.82, 2.24) is 10.3 Å². The Labute approximate surface area is 188 Å². The topological polar surface area (TPSA) is 62.3 Å². The molecule has 4 rings (SSSR count). The quantitative estimate of drug-likeness (QED) is 0.451. The second-order valence-electron chi connectivity index (χ2n) is 7.44. The molecule has 1 atom stereocenters. The molecule has 0 bridgehead atoms. The second-order valence-corrected chi connectivity index (χ2v) is 7.83. The Morgan fingerprint density at radius 1 is 1.03 bits per heavy atom. The van der Waals surface area contributed by atoms with E-state index in [9.17, 15) is 18.4 Å². The molecule has 0 unspecified atom stereocenters. The average Bonchev–Trinajstić information content (AvgIpc) is 2.74. The summed E-state index contributed by atoms with van der Waals surface area (Å²) in [5, 5.41) is 2.84. The summed E-state index contributed by atoms with van der Waals surface area (Å²) in [5.74, 6) is 2.59. The van der Waals surface area contributed by atoms with Crippen molar-refractivity contribution in [3.8, 4) is 11.8 Å². The van der Waals surface area contributed by atoms with Gasteiger partial charge in [-0.05, 0) is 48.9 Å². The van der Waals surface area contributed by atoms with Gasteiger partial charge in [-0.15, -0.1) is 0 Å². The zero-order valence-electron chi connectivity index (χ0n) is 16.8. The van der Waals surface area contributed by atoms with E-state index in [2.05, 4.69) is 22.1 Å². The minimum atomic E-state index is -1.11. The number of hydrogen-bond donors (Lipinski definition) is 1. The third-order valence-electron chi connectivity index (χ3n) is 5.07. The van der Waals surface area contributed by atoms with Gasteiger partial charge in [-0.3, -0.25) is 4.79 Å². The van der Waals surface area contributed by atoms with Gasteiger partial charge in [0.1, 0.15) is 10.8 Å². The first kappa shape index (κ1) is 21.5. The predicted molar refractivity (Wildman–Crippen MR) is 116 cm³/mol. The maximum absolute atomic E-state index is 14.8. The lowest BCUT2D eigenvalue weighted by Gasteiger charge is -2.39. The van der Waals surface area contributed by atoms with Crippen molar-refractivity contribution < 1.29 is 18.4 Å². The van der Waals surface area contributed by atoms with Gasteiger partial charge in [0.05, 0.1) is 12.0 Å². The number of aromatic nitrogens is 1. The molecule has 1 fully saturated rings. The summed E-state index contributed by atoms with van der Waals surface area (Å²) in [7, 11) is 0. The fourth-order valence-electron chi connectivity index (χ4n) is 3.49. The molecule has 0 saturated carbocycles. The van der Waals surface area contributed by atoms with Crippen LogP contribution in [0.3, 0.4) is 0 Å². The molecule has 3 aromatic rings. The fourth-order valence-corrected chi connectivity index (χ4v) is 3.67. The van der Waals surface area contributed by atoms with Crippen LogP contribution in [-0.2, 0) is 10.3 Å². The van der Waals surface area contributed by atoms with Crippen molar-refractivity contribution in [3.05, 3.63) is 94.3 Å². The summed E-state index contributed by atoms with van der Waals surface area (Å²) in [6.45, 7) is 1.63. The largest absolute Gasteiger partial charge is 0.329 e. The van der Waals surface area contributed by atoms with Crippen LogP contribution in [0.2, 0.25) is 5.15 Å². The van der Waals surface area contributed by atoms with Crippen molar-refractivity contribution in [2.24, 2.45) is 0 Å². The van der Waals surface area contributed by atoms with E-state index in [0.29, 0.717) is 16.0 Å². The molecule has 0 radical (unpaired) electrons. The van der Waals surface area contributed by atoms with Gasteiger partial charge in [-0.1, -0.05) is 41.6 Å². The number of amides is 3. The molecular weight excluding hydrogens is 436 g/mol. The summed E-state index contributed by atoms with van der Waals surface area (Å²) >= 11 is 5.92. The van der Waals surface area contributed by atoms with Crippen molar-refractivity contribution in [2.45, 2.75) is 18.9 Å². The van der Waals surface area contributed by atoms with Crippen LogP contribution in [0.15, 0.2) is 60.8 Å². The average molecular weight is 452 g/mol. The summed E-state index contributed by atoms with van der Waals surface area (Å²) in [4.78, 5) is 30.0. The molecule has 5 nitrogen and oxygen atoms in total. The molecule has 3 amide bonds. The Hall–Kier alpha value is -3.76. The van der Waals surface area contributed by atoms with Gasteiger partial charge in [0.2, 0.25) is 5.91 Å². The van der Waals surface area contributed by atoms with Crippen molar-refractivity contribution >= 4 is 29.2 Å². The second kappa shape index (κ2) is 8.40. The fraction of sp³-hybridized carbons (Fsp3) is 0.125. The van der Waals surface area contributed by atoms with Gasteiger partial charge in [0.25, 0.3) is 0 Å². The lowest BCUT2D eigenvalue weighted by Crippen LogP contribution is -2.59. The van der Waals surface area contributed by atoms with Gasteiger partial charge in [-0.25, -0.2) is 23.5 Å². The molecule has 2 heterocycles. The molecular formula is C24H16ClF2N3O2. The standard InChI is InChI=1S/C24H16ClF2N3O2/c1-24(17-9-10-28-20(25)13-17)14-21(31)30(23(32)29-24)22-18(26)11-16(12-19(22)27)8-7-15-5-3-2-4-6-15/h2-6,9-13H,14H2,1H3,(H,29,32)/t24-/m0/s1. The highest BCUT2D eigenvalue weighted by atomic mass is 35.5. The SMILES string of the molecule is C[C@@]1(c2ccnc(Cl)c2)CC(=O)N(c2c(F)cc(C#Cc3ccccc3)cc2F)C(=O)N1. The van der Waals surface area contributed by atoms with E-state index in [0.717, 1.165) is 12.1 Å². The van der Waals surface area contributed by atoms with Gasteiger partial charge >= 0.3 is 6.03 Å². The Morgan fingerprint density at radius 2 is 1.69 bits per heavy atom. The van der Waals surface area contributed by atoms with E-state index in [4.69, 9.17) is 11.6 Å². The summed E-state index contributed by atoms with van der Waals surface area (Å²) in [5.41, 5.74) is -0.545. The van der Waals surface area contributed by atoms with Crippen molar-refractivity contribution in [2.75, 3.05) is 4.90 Å². The number of carbonyl (C=O) groups is 2. The minimum absolute atomic E-state index is 0.0775. The highest BCUT2D eigenvalue weighted by molar-refractivity contribution is 6.29. The van der Waals surface area contributed by atoms with E-state index in [-0.39, 0.29) is 17.1 Å². The number of anilines is 1. The number of pyridine rings is 1. The molecule has 0 spiro atoms. The van der Waals surface area contributed by atoms with E-state index in [1.165, 1.54) is 12.3 Å². The number of urea groups is 1. The summed E-state index contributed by atoms with van der Waals surface area (Å²) in [6, 6.07) is 13.1. The molecule has 8 heteroatoms. The normalized spacial score (nSPS) is 18.1. The molecule has 1 aromatic heterocycles. The Bertz CT molecular complexity index is 1240. The first-order valence-electron chi connectivity index (χ1n) is 9.60. The molecule has 1 aliphatic rings. The molecule has 1 aliphatic heterocycles. The number of halogens is 3. The third kappa shape index (κ3) is 4.18. The first-order chi connectivity index (χ1) is 15.3. The molecule has 160 valence electrons. The number of hydrogen-bond acceptors (Lipinski definition) is 3. The smallest absolute Gasteiger partial charge is 0.328 e. The third-order valence-corrected chi connectivity index (χ3v) is 5.28. The van der Waals surface area contributed by atoms with Gasteiger partial charge in [-0.2, -0.15) is 0 Å². The van der Waals surface area contributed by atoms with Gasteiger partial charge < -0.3 is 5.32 Å². The Morgan fingerprint density at radius 3 is 2.31 bits per heavy atom. The Kier molecular flexibility index (Phi) is 5.64. The number of nitrogens with zero attached hydrogens (tertiary/aromatic N) is 2. The molecule has 1 N–H and O–H groups in total. The van der Waals surface area contributed by atoms with Crippen LogP contribution in [0.5, 0.6) is 0 Å². The zero-order chi connectivity index (χ0) is 22.9. The van der Waals surface area contributed by atoms with Crippen molar-refractivity contribution in [3.63, 3.8) is 0 Å². The van der Waals surface area contributed by atoms with Crippen LogP contribution < -0.4 is 10.2 Å². The summed E-state index contributed by atoms with van der Waals surface area (Å²) < 4.78 is 29.7. The zero-order valence-corrected chi connectivity index (χ0v) is 17.6. The lowest BCUT2D eigenvalue weighted by molar-refractivity contribution is -0.120. The number of benzene rings is 2. The number of nitrogens with one attached hydrogen (secondary N) is 1. The predicted octanol–water partition coefficient (Wildman–Crippen LogP) is 4.77. The van der Waals surface area contributed by atoms with E-state index >= 15 is 0 Å². The Balaban J connectivity index is 1.64. The highest BCUT2D eigenvalue weighted by Crippen LogP contribution is 2.34. The monoisotopic (exact) mass is 451 g/mol. The van der Waals surface area contributed by atoms with E-state index < -0.39 is 34.8 Å². The van der Waals surface area contributed by atoms with Gasteiger partial charge in [0, 0.05) is 17.3 Å². The number of carbonyl (C=O) groups excluding carboxylic acids is 2. The maximum atomic E-state index is 14.8. The lowest BCUT2D eigenvalue weighted by atomic mass is 9.87. The van der Waals surface area contributed by atoms with Crippen LogP contribution in [-0.4, -0.2) is 16.9 Å². The van der Waals surface area contributed by atoms with Gasteiger partial charge in [0.15, 0.2) is 11.6 Å². The van der Waals surface area contributed by atoms with Crippen LogP contribution in [0.4, 0.5) is 19.3 Å². The van der Waals surface area contributed by atoms with E-state index in [1.807, 2.05) is 6.07 Å². The summed E-state index contributed by atoms with van der Waals surface area (Å²) in [6.07, 6.45) is 1.22. The van der Waals surface area contributed by atoms with Crippen LogP contribution in [0.1, 0.15) is 30.0 Å². The molecule has 32 heavy (non-hydrogen) atoms. The first-order valence-corrected chi connectivity index (χ1v) is 9.98. The molecule has 0 aliphatic carbocycles.